The minimum Gasteiger partial charge on any atom is -0.478 e. The van der Waals surface area contributed by atoms with Crippen LogP contribution in [-0.2, 0) is 11.8 Å². The molecule has 1 aromatic rings. The highest BCUT2D eigenvalue weighted by Gasteiger charge is 2.16. The molecule has 1 N–H and O–H groups in total. The topological polar surface area (TPSA) is 58.4 Å². The quantitative estimate of drug-likeness (QED) is 0.602. The molecule has 0 unspecified atom stereocenters. The highest BCUT2D eigenvalue weighted by Crippen LogP contribution is 2.24. The fourth-order valence-corrected chi connectivity index (χ4v) is 1.95. The Bertz CT molecular complexity index is 505. The second-order valence-corrected chi connectivity index (χ2v) is 4.10. The number of aliphatic carboxylic acids is 1. The van der Waals surface area contributed by atoms with Gasteiger partial charge in [-0.2, -0.15) is 5.10 Å². The van der Waals surface area contributed by atoms with Crippen molar-refractivity contribution in [3.63, 3.8) is 0 Å². The number of carbonyl (C=O) groups is 1. The summed E-state index contributed by atoms with van der Waals surface area (Å²) < 4.78 is 1.74. The Labute approximate surface area is 113 Å². The maximum Gasteiger partial charge on any atom is 0.328 e. The number of carboxylic acid groups (broad SMARTS) is 1. The van der Waals surface area contributed by atoms with Gasteiger partial charge in [-0.15, -0.1) is 13.2 Å². The summed E-state index contributed by atoms with van der Waals surface area (Å²) in [5, 5.41) is 13.1. The molecule has 0 saturated carbocycles. The largest absolute Gasteiger partial charge is 0.478 e. The molecule has 5 nitrogen and oxygen atoms in total. The lowest BCUT2D eigenvalue weighted by atomic mass is 10.2. The van der Waals surface area contributed by atoms with Crippen LogP contribution in [0.2, 0.25) is 0 Å². The van der Waals surface area contributed by atoms with Crippen molar-refractivity contribution in [2.75, 3.05) is 18.0 Å². The van der Waals surface area contributed by atoms with E-state index in [1.165, 1.54) is 0 Å². The third-order valence-electron chi connectivity index (χ3n) is 2.63. The van der Waals surface area contributed by atoms with Gasteiger partial charge in [0.2, 0.25) is 0 Å². The lowest BCUT2D eigenvalue weighted by molar-refractivity contribution is -0.131. The molecular formula is C14H19N3O2. The Hall–Kier alpha value is -2.30. The molecule has 0 bridgehead atoms. The zero-order valence-electron chi connectivity index (χ0n) is 11.3. The first-order valence-electron chi connectivity index (χ1n) is 5.92. The molecular weight excluding hydrogens is 242 g/mol. The molecule has 0 spiro atoms. The maximum atomic E-state index is 10.7. The van der Waals surface area contributed by atoms with Gasteiger partial charge >= 0.3 is 5.97 Å². The van der Waals surface area contributed by atoms with Crippen molar-refractivity contribution >= 4 is 17.9 Å². The van der Waals surface area contributed by atoms with E-state index >= 15 is 0 Å². The fraction of sp³-hybridized carbons (Fsp3) is 0.286. The zero-order valence-corrected chi connectivity index (χ0v) is 11.3. The van der Waals surface area contributed by atoms with Crippen LogP contribution in [-0.4, -0.2) is 33.9 Å². The highest BCUT2D eigenvalue weighted by atomic mass is 16.4. The molecule has 0 atom stereocenters. The molecule has 1 rings (SSSR count). The number of aromatic nitrogens is 2. The van der Waals surface area contributed by atoms with Gasteiger partial charge < -0.3 is 10.0 Å². The average molecular weight is 261 g/mol. The van der Waals surface area contributed by atoms with Gasteiger partial charge in [-0.3, -0.25) is 4.68 Å². The van der Waals surface area contributed by atoms with Crippen LogP contribution in [0, 0.1) is 6.92 Å². The van der Waals surface area contributed by atoms with E-state index < -0.39 is 5.97 Å². The monoisotopic (exact) mass is 261 g/mol. The van der Waals surface area contributed by atoms with Gasteiger partial charge in [0.05, 0.1) is 5.69 Å². The summed E-state index contributed by atoms with van der Waals surface area (Å²) in [4.78, 5) is 12.7. The average Bonchev–Trinajstić information content (AvgIpc) is 2.61. The summed E-state index contributed by atoms with van der Waals surface area (Å²) >= 11 is 0. The molecule has 5 heteroatoms. The van der Waals surface area contributed by atoms with Crippen LogP contribution in [0.25, 0.3) is 6.08 Å². The van der Waals surface area contributed by atoms with E-state index in [0.717, 1.165) is 23.2 Å². The second-order valence-electron chi connectivity index (χ2n) is 4.10. The smallest absolute Gasteiger partial charge is 0.328 e. The van der Waals surface area contributed by atoms with E-state index in [1.54, 1.807) is 22.9 Å². The minimum atomic E-state index is -0.979. The van der Waals surface area contributed by atoms with E-state index in [-0.39, 0.29) is 0 Å². The predicted octanol–water partition coefficient (Wildman–Crippen LogP) is 2.00. The molecule has 0 aliphatic heterocycles. The first-order chi connectivity index (χ1) is 9.01. The number of hydrogen-bond acceptors (Lipinski definition) is 3. The van der Waals surface area contributed by atoms with Gasteiger partial charge in [-0.05, 0) is 13.0 Å². The van der Waals surface area contributed by atoms with Crippen molar-refractivity contribution in [3.05, 3.63) is 42.6 Å². The van der Waals surface area contributed by atoms with Gasteiger partial charge in [0.15, 0.2) is 0 Å². The van der Waals surface area contributed by atoms with Crippen LogP contribution < -0.4 is 4.90 Å². The van der Waals surface area contributed by atoms with Gasteiger partial charge in [0.1, 0.15) is 5.82 Å². The lowest BCUT2D eigenvalue weighted by Crippen LogP contribution is -2.26. The molecule has 0 fully saturated rings. The molecule has 1 heterocycles. The number of anilines is 1. The standard InChI is InChI=1S/C14H19N3O2/c1-5-9-17(10-6-2)14-12(7-8-13(18)19)11(3)15-16(14)4/h5-8H,1-2,9-10H2,3-4H3,(H,18,19)/b8-7+. The molecule has 0 aromatic carbocycles. The van der Waals surface area contributed by atoms with Crippen molar-refractivity contribution in [1.82, 2.24) is 9.78 Å². The van der Waals surface area contributed by atoms with Crippen molar-refractivity contribution in [3.8, 4) is 0 Å². The summed E-state index contributed by atoms with van der Waals surface area (Å²) in [5.74, 6) is -0.122. The number of nitrogens with zero attached hydrogens (tertiary/aromatic N) is 3. The number of aryl methyl sites for hydroxylation is 2. The van der Waals surface area contributed by atoms with Gasteiger partial charge in [-0.25, -0.2) is 4.79 Å². The summed E-state index contributed by atoms with van der Waals surface area (Å²) in [6, 6.07) is 0. The van der Waals surface area contributed by atoms with E-state index in [0.29, 0.717) is 13.1 Å². The Kier molecular flexibility index (Phi) is 5.11. The van der Waals surface area contributed by atoms with Crippen molar-refractivity contribution in [1.29, 1.82) is 0 Å². The van der Waals surface area contributed by atoms with Gasteiger partial charge in [-0.1, -0.05) is 12.2 Å². The third kappa shape index (κ3) is 3.58. The summed E-state index contributed by atoms with van der Waals surface area (Å²) in [6.45, 7) is 10.6. The first-order valence-corrected chi connectivity index (χ1v) is 5.92. The fourth-order valence-electron chi connectivity index (χ4n) is 1.95. The molecule has 0 aliphatic rings. The SMILES string of the molecule is C=CCN(CC=C)c1c(/C=C/C(=O)O)c(C)nn1C. The second kappa shape index (κ2) is 6.58. The molecule has 0 aliphatic carbocycles. The molecule has 0 radical (unpaired) electrons. The molecule has 0 amide bonds. The number of rotatable bonds is 7. The van der Waals surface area contributed by atoms with E-state index in [4.69, 9.17) is 5.11 Å². The Morgan fingerprint density at radius 1 is 1.42 bits per heavy atom. The molecule has 1 aromatic heterocycles. The number of hydrogen-bond donors (Lipinski definition) is 1. The van der Waals surface area contributed by atoms with Gasteiger partial charge in [0.25, 0.3) is 0 Å². The zero-order chi connectivity index (χ0) is 14.4. The summed E-state index contributed by atoms with van der Waals surface area (Å²) in [6.07, 6.45) is 6.26. The lowest BCUT2D eigenvalue weighted by Gasteiger charge is -2.22. The minimum absolute atomic E-state index is 0.638. The first kappa shape index (κ1) is 14.8. The normalized spacial score (nSPS) is 10.6. The molecule has 102 valence electrons. The Morgan fingerprint density at radius 2 is 2.00 bits per heavy atom. The van der Waals surface area contributed by atoms with Crippen LogP contribution in [0.3, 0.4) is 0 Å². The Morgan fingerprint density at radius 3 is 2.47 bits per heavy atom. The van der Waals surface area contributed by atoms with E-state index in [2.05, 4.69) is 18.3 Å². The summed E-state index contributed by atoms with van der Waals surface area (Å²) in [5.41, 5.74) is 1.58. The van der Waals surface area contributed by atoms with Crippen molar-refractivity contribution in [2.45, 2.75) is 6.92 Å². The third-order valence-corrected chi connectivity index (χ3v) is 2.63. The van der Waals surface area contributed by atoms with Crippen LogP contribution in [0.5, 0.6) is 0 Å². The summed E-state index contributed by atoms with van der Waals surface area (Å²) in [7, 11) is 1.83. The van der Waals surface area contributed by atoms with Crippen LogP contribution in [0.1, 0.15) is 11.3 Å². The van der Waals surface area contributed by atoms with Crippen molar-refractivity contribution in [2.24, 2.45) is 7.05 Å². The number of carboxylic acids is 1. The predicted molar refractivity (Wildman–Crippen MR) is 77.2 cm³/mol. The highest BCUT2D eigenvalue weighted by molar-refractivity contribution is 5.87. The molecule has 19 heavy (non-hydrogen) atoms. The van der Waals surface area contributed by atoms with Crippen LogP contribution in [0.15, 0.2) is 31.4 Å². The van der Waals surface area contributed by atoms with Crippen LogP contribution in [0.4, 0.5) is 5.82 Å². The van der Waals surface area contributed by atoms with E-state index in [1.807, 2.05) is 18.9 Å². The Balaban J connectivity index is 3.26. The van der Waals surface area contributed by atoms with Crippen LogP contribution >= 0.6 is 0 Å². The van der Waals surface area contributed by atoms with E-state index in [9.17, 15) is 4.79 Å². The maximum absolute atomic E-state index is 10.7. The van der Waals surface area contributed by atoms with Gasteiger partial charge in [0, 0.05) is 31.8 Å². The van der Waals surface area contributed by atoms with Crippen molar-refractivity contribution < 1.29 is 9.90 Å². The molecule has 0 saturated heterocycles.